The average Bonchev–Trinajstić information content (AvgIpc) is 2.69. The van der Waals surface area contributed by atoms with Gasteiger partial charge in [0.25, 0.3) is 0 Å². The van der Waals surface area contributed by atoms with Gasteiger partial charge in [-0.15, -0.1) is 0 Å². The molecule has 2 heterocycles. The van der Waals surface area contributed by atoms with Crippen molar-refractivity contribution in [1.29, 1.82) is 0 Å². The molecule has 1 aromatic rings. The zero-order chi connectivity index (χ0) is 20.6. The Labute approximate surface area is 174 Å². The van der Waals surface area contributed by atoms with E-state index in [1.807, 2.05) is 0 Å². The first-order valence-corrected chi connectivity index (χ1v) is 10.9. The highest BCUT2D eigenvalue weighted by Gasteiger charge is 2.22. The van der Waals surface area contributed by atoms with Gasteiger partial charge in [0.05, 0.1) is 0 Å². The second-order valence-electron chi connectivity index (χ2n) is 8.77. The highest BCUT2D eigenvalue weighted by Crippen LogP contribution is 2.16. The van der Waals surface area contributed by atoms with E-state index in [9.17, 15) is 9.59 Å². The van der Waals surface area contributed by atoms with Crippen molar-refractivity contribution in [3.05, 3.63) is 35.4 Å². The molecule has 2 aliphatic rings. The van der Waals surface area contributed by atoms with Crippen molar-refractivity contribution in [2.45, 2.75) is 71.4 Å². The summed E-state index contributed by atoms with van der Waals surface area (Å²) < 4.78 is 0. The summed E-state index contributed by atoms with van der Waals surface area (Å²) in [6.07, 6.45) is 5.44. The maximum absolute atomic E-state index is 12.3. The lowest BCUT2D eigenvalue weighted by Gasteiger charge is -2.33. The molecule has 1 aromatic carbocycles. The number of hydrogen-bond acceptors (Lipinski definition) is 4. The largest absolute Gasteiger partial charge is 0.352 e. The first kappa shape index (κ1) is 21.5. The maximum atomic E-state index is 12.3. The Kier molecular flexibility index (Phi) is 7.81. The Morgan fingerprint density at radius 2 is 2.00 bits per heavy atom. The van der Waals surface area contributed by atoms with Crippen LogP contribution in [0.2, 0.25) is 0 Å². The number of nitrogens with zero attached hydrogens (tertiary/aromatic N) is 2. The Hall–Kier alpha value is -2.21. The Morgan fingerprint density at radius 1 is 1.24 bits per heavy atom. The maximum Gasteiger partial charge on any atom is 0.240 e. The molecule has 0 radical (unpaired) electrons. The van der Waals surface area contributed by atoms with Crippen LogP contribution in [0.5, 0.6) is 0 Å². The van der Waals surface area contributed by atoms with Crippen molar-refractivity contribution in [3.8, 4) is 0 Å². The van der Waals surface area contributed by atoms with Crippen LogP contribution in [0.15, 0.2) is 29.4 Å². The highest BCUT2D eigenvalue weighted by molar-refractivity contribution is 5.94. The summed E-state index contributed by atoms with van der Waals surface area (Å²) >= 11 is 0. The van der Waals surface area contributed by atoms with Crippen LogP contribution >= 0.6 is 0 Å². The predicted molar refractivity (Wildman–Crippen MR) is 115 cm³/mol. The first-order chi connectivity index (χ1) is 14.0. The van der Waals surface area contributed by atoms with Crippen LogP contribution in [0.4, 0.5) is 0 Å². The molecule has 2 N–H and O–H groups in total. The van der Waals surface area contributed by atoms with Crippen LogP contribution in [-0.2, 0) is 22.6 Å². The van der Waals surface area contributed by atoms with Gasteiger partial charge in [0.1, 0.15) is 0 Å². The van der Waals surface area contributed by atoms with E-state index in [2.05, 4.69) is 58.9 Å². The topological polar surface area (TPSA) is 73.8 Å². The molecule has 2 aliphatic heterocycles. The number of benzene rings is 1. The summed E-state index contributed by atoms with van der Waals surface area (Å²) in [6.45, 7) is 7.41. The second kappa shape index (κ2) is 10.5. The van der Waals surface area contributed by atoms with Gasteiger partial charge in [-0.2, -0.15) is 5.10 Å². The first-order valence-electron chi connectivity index (χ1n) is 10.9. The van der Waals surface area contributed by atoms with Crippen molar-refractivity contribution < 1.29 is 9.59 Å². The molecule has 1 saturated heterocycles. The number of amides is 2. The van der Waals surface area contributed by atoms with Gasteiger partial charge < -0.3 is 5.32 Å². The normalized spacial score (nSPS) is 20.3. The molecule has 29 heavy (non-hydrogen) atoms. The van der Waals surface area contributed by atoms with Crippen molar-refractivity contribution in [3.63, 3.8) is 0 Å². The van der Waals surface area contributed by atoms with Gasteiger partial charge in [0, 0.05) is 37.7 Å². The lowest BCUT2D eigenvalue weighted by atomic mass is 10.0. The van der Waals surface area contributed by atoms with Crippen molar-refractivity contribution in [2.24, 2.45) is 11.0 Å². The molecule has 6 heteroatoms. The molecule has 0 bridgehead atoms. The lowest BCUT2D eigenvalue weighted by molar-refractivity contribution is -0.122. The van der Waals surface area contributed by atoms with Crippen LogP contribution in [0.3, 0.4) is 0 Å². The van der Waals surface area contributed by atoms with Gasteiger partial charge in [-0.1, -0.05) is 38.1 Å². The smallest absolute Gasteiger partial charge is 0.240 e. The molecule has 2 amide bonds. The molecule has 0 aliphatic carbocycles. The summed E-state index contributed by atoms with van der Waals surface area (Å²) in [7, 11) is 0. The van der Waals surface area contributed by atoms with E-state index in [4.69, 9.17) is 0 Å². The van der Waals surface area contributed by atoms with E-state index in [1.54, 1.807) is 0 Å². The molecule has 3 rings (SSSR count). The Bertz CT molecular complexity index is 727. The molecular weight excluding hydrogens is 364 g/mol. The summed E-state index contributed by atoms with van der Waals surface area (Å²) in [5, 5.41) is 7.23. The number of rotatable bonds is 8. The fourth-order valence-electron chi connectivity index (χ4n) is 4.08. The summed E-state index contributed by atoms with van der Waals surface area (Å²) in [5.74, 6) is 0.709. The average molecular weight is 399 g/mol. The predicted octanol–water partition coefficient (Wildman–Crippen LogP) is 3.01. The van der Waals surface area contributed by atoms with Crippen molar-refractivity contribution in [1.82, 2.24) is 15.6 Å². The standard InChI is InChI=1S/C23H34N4O2/c1-17(2)14-18-5-7-19(8-6-18)15-27-13-3-4-21(16-27)24-22(28)11-9-20-10-12-23(29)26-25-20/h5-8,17,21H,3-4,9-16H2,1-2H3,(H,24,28)(H,26,29). The number of hydrogen-bond donors (Lipinski definition) is 2. The molecule has 158 valence electrons. The van der Waals surface area contributed by atoms with Crippen LogP contribution in [0.25, 0.3) is 0 Å². The Balaban J connectivity index is 1.41. The minimum Gasteiger partial charge on any atom is -0.352 e. The van der Waals surface area contributed by atoms with Crippen LogP contribution in [0.1, 0.15) is 63.5 Å². The van der Waals surface area contributed by atoms with E-state index < -0.39 is 0 Å². The summed E-state index contributed by atoms with van der Waals surface area (Å²) in [6, 6.07) is 9.18. The molecule has 0 saturated carbocycles. The molecule has 0 aromatic heterocycles. The van der Waals surface area contributed by atoms with Gasteiger partial charge in [0.2, 0.25) is 11.8 Å². The van der Waals surface area contributed by atoms with Gasteiger partial charge in [0.15, 0.2) is 0 Å². The fourth-order valence-corrected chi connectivity index (χ4v) is 4.08. The van der Waals surface area contributed by atoms with Crippen LogP contribution in [-0.4, -0.2) is 41.6 Å². The van der Waals surface area contributed by atoms with Gasteiger partial charge in [-0.05, 0) is 55.7 Å². The van der Waals surface area contributed by atoms with E-state index in [-0.39, 0.29) is 17.9 Å². The number of piperidine rings is 1. The minimum absolute atomic E-state index is 0.0462. The molecule has 1 atom stereocenters. The molecule has 0 spiro atoms. The number of carbonyl (C=O) groups is 2. The number of hydrazone groups is 1. The Morgan fingerprint density at radius 3 is 2.69 bits per heavy atom. The molecule has 1 fully saturated rings. The van der Waals surface area contributed by atoms with Crippen molar-refractivity contribution in [2.75, 3.05) is 13.1 Å². The monoisotopic (exact) mass is 398 g/mol. The highest BCUT2D eigenvalue weighted by atomic mass is 16.2. The number of nitrogens with one attached hydrogen (secondary N) is 2. The van der Waals surface area contributed by atoms with Gasteiger partial charge in [-0.3, -0.25) is 14.5 Å². The van der Waals surface area contributed by atoms with Gasteiger partial charge in [-0.25, -0.2) is 5.43 Å². The zero-order valence-electron chi connectivity index (χ0n) is 17.7. The summed E-state index contributed by atoms with van der Waals surface area (Å²) in [4.78, 5) is 25.9. The zero-order valence-corrected chi connectivity index (χ0v) is 17.7. The number of carbonyl (C=O) groups excluding carboxylic acids is 2. The summed E-state index contributed by atoms with van der Waals surface area (Å²) in [5.41, 5.74) is 6.13. The third kappa shape index (κ3) is 7.28. The fraction of sp³-hybridized carbons (Fsp3) is 0.609. The van der Waals surface area contributed by atoms with E-state index in [0.29, 0.717) is 31.6 Å². The molecule has 6 nitrogen and oxygen atoms in total. The third-order valence-corrected chi connectivity index (χ3v) is 5.56. The van der Waals surface area contributed by atoms with Crippen molar-refractivity contribution >= 4 is 17.5 Å². The van der Waals surface area contributed by atoms with E-state index >= 15 is 0 Å². The van der Waals surface area contributed by atoms with Crippen LogP contribution < -0.4 is 10.7 Å². The van der Waals surface area contributed by atoms with E-state index in [0.717, 1.165) is 44.6 Å². The third-order valence-electron chi connectivity index (χ3n) is 5.56. The molecule has 1 unspecified atom stereocenters. The quantitative estimate of drug-likeness (QED) is 0.707. The lowest BCUT2D eigenvalue weighted by Crippen LogP contribution is -2.47. The van der Waals surface area contributed by atoms with Crippen LogP contribution in [0, 0.1) is 5.92 Å². The van der Waals surface area contributed by atoms with Gasteiger partial charge >= 0.3 is 0 Å². The number of likely N-dealkylation sites (tertiary alicyclic amines) is 1. The minimum atomic E-state index is -0.0462. The molecular formula is C23H34N4O2. The van der Waals surface area contributed by atoms with E-state index in [1.165, 1.54) is 11.1 Å². The second-order valence-corrected chi connectivity index (χ2v) is 8.77. The SMILES string of the molecule is CC(C)Cc1ccc(CN2CCCC(NC(=O)CCC3=NNC(=O)CC3)C2)cc1.